The van der Waals surface area contributed by atoms with Gasteiger partial charge in [-0.25, -0.2) is 0 Å². The van der Waals surface area contributed by atoms with Gasteiger partial charge >= 0.3 is 0 Å². The van der Waals surface area contributed by atoms with Gasteiger partial charge in [0.2, 0.25) is 0 Å². The van der Waals surface area contributed by atoms with Crippen LogP contribution in [-0.2, 0) is 13.0 Å². The highest BCUT2D eigenvalue weighted by molar-refractivity contribution is 6.31. The van der Waals surface area contributed by atoms with Crippen molar-refractivity contribution in [3.8, 4) is 5.75 Å². The molecule has 1 aliphatic carbocycles. The predicted octanol–water partition coefficient (Wildman–Crippen LogP) is 4.52. The van der Waals surface area contributed by atoms with E-state index in [2.05, 4.69) is 23.5 Å². The second kappa shape index (κ2) is 6.50. The minimum Gasteiger partial charge on any atom is -0.489 e. The lowest BCUT2D eigenvalue weighted by Gasteiger charge is -2.25. The number of hydrogen-bond acceptors (Lipinski definition) is 2. The Kier molecular flexibility index (Phi) is 4.47. The standard InChI is InChI=1S/C18H20ClNO/c1-20-18-8-4-6-13-9-10-15(11-16(13)18)21-12-14-5-2-3-7-17(14)19/h2-3,5,7,9-11,18,20H,4,6,8,12H2,1H3. The van der Waals surface area contributed by atoms with Crippen LogP contribution in [0.25, 0.3) is 0 Å². The summed E-state index contributed by atoms with van der Waals surface area (Å²) in [7, 11) is 2.02. The second-order valence-corrected chi connectivity index (χ2v) is 5.88. The third-order valence-electron chi connectivity index (χ3n) is 4.13. The van der Waals surface area contributed by atoms with Crippen LogP contribution in [0.3, 0.4) is 0 Å². The highest BCUT2D eigenvalue weighted by atomic mass is 35.5. The SMILES string of the molecule is CNC1CCCc2ccc(OCc3ccccc3Cl)cc21. The Labute approximate surface area is 131 Å². The summed E-state index contributed by atoms with van der Waals surface area (Å²) < 4.78 is 5.92. The third kappa shape index (κ3) is 3.22. The molecule has 0 amide bonds. The fraction of sp³-hybridized carbons (Fsp3) is 0.333. The maximum Gasteiger partial charge on any atom is 0.120 e. The first-order valence-electron chi connectivity index (χ1n) is 7.44. The molecule has 2 nitrogen and oxygen atoms in total. The Hall–Kier alpha value is -1.51. The topological polar surface area (TPSA) is 21.3 Å². The molecule has 0 spiro atoms. The van der Waals surface area contributed by atoms with Crippen molar-refractivity contribution in [1.82, 2.24) is 5.32 Å². The zero-order valence-corrected chi connectivity index (χ0v) is 13.0. The fourth-order valence-electron chi connectivity index (χ4n) is 2.94. The average molecular weight is 302 g/mol. The van der Waals surface area contributed by atoms with E-state index in [-0.39, 0.29) is 0 Å². The maximum atomic E-state index is 6.16. The average Bonchev–Trinajstić information content (AvgIpc) is 2.53. The van der Waals surface area contributed by atoms with E-state index in [1.807, 2.05) is 31.3 Å². The molecule has 2 aromatic rings. The summed E-state index contributed by atoms with van der Waals surface area (Å²) >= 11 is 6.16. The lowest BCUT2D eigenvalue weighted by Crippen LogP contribution is -2.21. The molecule has 21 heavy (non-hydrogen) atoms. The lowest BCUT2D eigenvalue weighted by atomic mass is 9.87. The molecule has 3 heteroatoms. The van der Waals surface area contributed by atoms with E-state index in [4.69, 9.17) is 16.3 Å². The first-order valence-corrected chi connectivity index (χ1v) is 7.82. The van der Waals surface area contributed by atoms with Crippen molar-refractivity contribution in [1.29, 1.82) is 0 Å². The molecular weight excluding hydrogens is 282 g/mol. The van der Waals surface area contributed by atoms with Gasteiger partial charge in [-0.1, -0.05) is 35.9 Å². The molecule has 2 aromatic carbocycles. The van der Waals surface area contributed by atoms with Crippen molar-refractivity contribution in [2.24, 2.45) is 0 Å². The van der Waals surface area contributed by atoms with Crippen LogP contribution in [0.15, 0.2) is 42.5 Å². The summed E-state index contributed by atoms with van der Waals surface area (Å²) in [6.45, 7) is 0.503. The van der Waals surface area contributed by atoms with Crippen molar-refractivity contribution in [2.45, 2.75) is 31.9 Å². The van der Waals surface area contributed by atoms with Gasteiger partial charge in [0.15, 0.2) is 0 Å². The summed E-state index contributed by atoms with van der Waals surface area (Å²) in [5.74, 6) is 0.913. The summed E-state index contributed by atoms with van der Waals surface area (Å²) in [5.41, 5.74) is 3.83. The monoisotopic (exact) mass is 301 g/mol. The van der Waals surface area contributed by atoms with Gasteiger partial charge < -0.3 is 10.1 Å². The maximum absolute atomic E-state index is 6.16. The molecule has 1 N–H and O–H groups in total. The van der Waals surface area contributed by atoms with Crippen LogP contribution in [-0.4, -0.2) is 7.05 Å². The van der Waals surface area contributed by atoms with Crippen LogP contribution >= 0.6 is 11.6 Å². The summed E-state index contributed by atoms with van der Waals surface area (Å²) in [5, 5.41) is 4.15. The zero-order chi connectivity index (χ0) is 14.7. The lowest BCUT2D eigenvalue weighted by molar-refractivity contribution is 0.305. The number of ether oxygens (including phenoxy) is 1. The summed E-state index contributed by atoms with van der Waals surface area (Å²) in [6.07, 6.45) is 3.61. The minimum atomic E-state index is 0.442. The summed E-state index contributed by atoms with van der Waals surface area (Å²) in [4.78, 5) is 0. The number of rotatable bonds is 4. The molecule has 0 aromatic heterocycles. The molecule has 1 aliphatic rings. The minimum absolute atomic E-state index is 0.442. The molecule has 0 heterocycles. The van der Waals surface area contributed by atoms with Crippen LogP contribution < -0.4 is 10.1 Å². The van der Waals surface area contributed by atoms with E-state index in [9.17, 15) is 0 Å². The number of benzene rings is 2. The highest BCUT2D eigenvalue weighted by Gasteiger charge is 2.19. The smallest absolute Gasteiger partial charge is 0.120 e. The quantitative estimate of drug-likeness (QED) is 0.897. The number of fused-ring (bicyclic) bond motifs is 1. The van der Waals surface area contributed by atoms with Crippen LogP contribution in [0.2, 0.25) is 5.02 Å². The van der Waals surface area contributed by atoms with E-state index in [1.165, 1.54) is 24.0 Å². The first kappa shape index (κ1) is 14.4. The van der Waals surface area contributed by atoms with Gasteiger partial charge in [0.05, 0.1) is 0 Å². The number of nitrogens with one attached hydrogen (secondary N) is 1. The molecule has 0 saturated carbocycles. The van der Waals surface area contributed by atoms with Crippen molar-refractivity contribution in [3.63, 3.8) is 0 Å². The molecule has 0 radical (unpaired) electrons. The van der Waals surface area contributed by atoms with Gasteiger partial charge in [0.25, 0.3) is 0 Å². The molecule has 1 atom stereocenters. The number of aryl methyl sites for hydroxylation is 1. The largest absolute Gasteiger partial charge is 0.489 e. The molecule has 0 saturated heterocycles. The summed E-state index contributed by atoms with van der Waals surface area (Å²) in [6, 6.07) is 14.7. The molecule has 110 valence electrons. The molecule has 3 rings (SSSR count). The normalized spacial score (nSPS) is 17.3. The van der Waals surface area contributed by atoms with Crippen LogP contribution in [0.5, 0.6) is 5.75 Å². The molecular formula is C18H20ClNO. The van der Waals surface area contributed by atoms with Gasteiger partial charge in [0.1, 0.15) is 12.4 Å². The Balaban J connectivity index is 1.76. The van der Waals surface area contributed by atoms with Gasteiger partial charge in [-0.05, 0) is 55.6 Å². The van der Waals surface area contributed by atoms with Gasteiger partial charge in [-0.3, -0.25) is 0 Å². The Morgan fingerprint density at radius 3 is 2.90 bits per heavy atom. The Morgan fingerprint density at radius 1 is 1.24 bits per heavy atom. The fourth-order valence-corrected chi connectivity index (χ4v) is 3.13. The van der Waals surface area contributed by atoms with Crippen molar-refractivity contribution >= 4 is 11.6 Å². The van der Waals surface area contributed by atoms with Gasteiger partial charge in [-0.2, -0.15) is 0 Å². The highest BCUT2D eigenvalue weighted by Crippen LogP contribution is 2.32. The van der Waals surface area contributed by atoms with Gasteiger partial charge in [0, 0.05) is 16.6 Å². The molecule has 0 fully saturated rings. The van der Waals surface area contributed by atoms with Crippen molar-refractivity contribution in [3.05, 3.63) is 64.2 Å². The number of halogens is 1. The van der Waals surface area contributed by atoms with Gasteiger partial charge in [-0.15, -0.1) is 0 Å². The first-order chi connectivity index (χ1) is 10.3. The zero-order valence-electron chi connectivity index (χ0n) is 12.2. The van der Waals surface area contributed by atoms with Crippen LogP contribution in [0.1, 0.15) is 35.6 Å². The molecule has 0 aliphatic heterocycles. The number of hydrogen-bond donors (Lipinski definition) is 1. The van der Waals surface area contributed by atoms with E-state index in [0.717, 1.165) is 22.8 Å². The van der Waals surface area contributed by atoms with E-state index < -0.39 is 0 Å². The van der Waals surface area contributed by atoms with Crippen LogP contribution in [0, 0.1) is 0 Å². The third-order valence-corrected chi connectivity index (χ3v) is 4.50. The second-order valence-electron chi connectivity index (χ2n) is 5.47. The van der Waals surface area contributed by atoms with Crippen LogP contribution in [0.4, 0.5) is 0 Å². The van der Waals surface area contributed by atoms with Crippen molar-refractivity contribution < 1.29 is 4.74 Å². The van der Waals surface area contributed by atoms with E-state index >= 15 is 0 Å². The predicted molar refractivity (Wildman–Crippen MR) is 87.0 cm³/mol. The van der Waals surface area contributed by atoms with E-state index in [0.29, 0.717) is 12.6 Å². The molecule has 0 bridgehead atoms. The molecule has 1 unspecified atom stereocenters. The van der Waals surface area contributed by atoms with Crippen molar-refractivity contribution in [2.75, 3.05) is 7.05 Å². The Bertz CT molecular complexity index is 626. The Morgan fingerprint density at radius 2 is 2.10 bits per heavy atom. The van der Waals surface area contributed by atoms with E-state index in [1.54, 1.807) is 0 Å².